The van der Waals surface area contributed by atoms with Crippen molar-refractivity contribution in [3.05, 3.63) is 23.4 Å². The highest BCUT2D eigenvalue weighted by molar-refractivity contribution is 6.51. The Balaban J connectivity index is 1.61. The fraction of sp³-hybridized carbons (Fsp3) is 0.588. The van der Waals surface area contributed by atoms with E-state index in [9.17, 15) is 4.79 Å². The van der Waals surface area contributed by atoms with E-state index in [0.717, 1.165) is 37.2 Å². The van der Waals surface area contributed by atoms with Gasteiger partial charge in [-0.3, -0.25) is 5.41 Å². The molecule has 0 unspecified atom stereocenters. The fourth-order valence-electron chi connectivity index (χ4n) is 3.58. The highest BCUT2D eigenvalue weighted by Gasteiger charge is 2.33. The third-order valence-electron chi connectivity index (χ3n) is 4.83. The minimum atomic E-state index is 0.266. The number of rotatable bonds is 6. The maximum absolute atomic E-state index is 10.6. The number of hydrogen-bond acceptors (Lipinski definition) is 6. The van der Waals surface area contributed by atoms with Gasteiger partial charge in [0.15, 0.2) is 0 Å². The number of hydrogen-bond donors (Lipinski definition) is 2. The maximum atomic E-state index is 10.6. The van der Waals surface area contributed by atoms with Gasteiger partial charge in [-0.15, -0.1) is 0 Å². The molecule has 0 aromatic rings. The van der Waals surface area contributed by atoms with Crippen LogP contribution in [0.1, 0.15) is 25.7 Å². The predicted octanol–water partition coefficient (Wildman–Crippen LogP) is 1.67. The molecular formula is C17H24N4O2. The number of nitrogens with zero attached hydrogens (tertiary/aromatic N) is 3. The standard InChI is InChI=1S/C17H24N4O2/c18-17-15(19-23)8-13(4-3-7-22)9-16(17)21-11-14(12-21)10-20-5-1-2-6-20/h7-9,14,18,23H,1-6,10-12H2/b18-17?,19-15-. The number of carbonyl (C=O) groups is 1. The molecule has 124 valence electrons. The summed E-state index contributed by atoms with van der Waals surface area (Å²) in [5, 5.41) is 20.6. The Hall–Kier alpha value is -1.95. The Morgan fingerprint density at radius 2 is 2.04 bits per heavy atom. The number of aldehydes is 1. The van der Waals surface area contributed by atoms with E-state index in [2.05, 4.69) is 15.0 Å². The van der Waals surface area contributed by atoms with Gasteiger partial charge < -0.3 is 19.8 Å². The topological polar surface area (TPSA) is 80.0 Å². The van der Waals surface area contributed by atoms with Crippen molar-refractivity contribution < 1.29 is 10.0 Å². The molecule has 0 saturated carbocycles. The van der Waals surface area contributed by atoms with Crippen LogP contribution in [0.25, 0.3) is 0 Å². The summed E-state index contributed by atoms with van der Waals surface area (Å²) in [5.74, 6) is 0.653. The maximum Gasteiger partial charge on any atom is 0.129 e. The second-order valence-corrected chi connectivity index (χ2v) is 6.59. The lowest BCUT2D eigenvalue weighted by atomic mass is 9.92. The van der Waals surface area contributed by atoms with Crippen molar-refractivity contribution >= 4 is 17.7 Å². The third kappa shape index (κ3) is 3.52. The van der Waals surface area contributed by atoms with Gasteiger partial charge in [0.25, 0.3) is 0 Å². The number of likely N-dealkylation sites (tertiary alicyclic amines) is 2. The molecule has 2 fully saturated rings. The van der Waals surface area contributed by atoms with Crippen LogP contribution < -0.4 is 0 Å². The van der Waals surface area contributed by atoms with Crippen molar-refractivity contribution in [1.29, 1.82) is 5.41 Å². The first kappa shape index (κ1) is 15.9. The fourth-order valence-corrected chi connectivity index (χ4v) is 3.58. The van der Waals surface area contributed by atoms with E-state index < -0.39 is 0 Å². The number of nitrogens with one attached hydrogen (secondary N) is 1. The van der Waals surface area contributed by atoms with Gasteiger partial charge in [0.05, 0.1) is 5.70 Å². The molecule has 0 atom stereocenters. The van der Waals surface area contributed by atoms with Crippen molar-refractivity contribution in [2.45, 2.75) is 25.7 Å². The van der Waals surface area contributed by atoms with Gasteiger partial charge in [0.1, 0.15) is 17.7 Å². The highest BCUT2D eigenvalue weighted by atomic mass is 16.4. The van der Waals surface area contributed by atoms with Crippen LogP contribution in [0.4, 0.5) is 0 Å². The summed E-state index contributed by atoms with van der Waals surface area (Å²) in [4.78, 5) is 15.3. The zero-order valence-corrected chi connectivity index (χ0v) is 13.4. The van der Waals surface area contributed by atoms with Crippen LogP contribution in [0.15, 0.2) is 28.6 Å². The van der Waals surface area contributed by atoms with Crippen LogP contribution in [0.5, 0.6) is 0 Å². The average Bonchev–Trinajstić information content (AvgIpc) is 3.03. The van der Waals surface area contributed by atoms with E-state index in [4.69, 9.17) is 10.6 Å². The molecule has 0 bridgehead atoms. The molecule has 3 rings (SSSR count). The van der Waals surface area contributed by atoms with Gasteiger partial charge in [0.2, 0.25) is 0 Å². The van der Waals surface area contributed by atoms with Crippen molar-refractivity contribution in [2.75, 3.05) is 32.7 Å². The van der Waals surface area contributed by atoms with Crippen molar-refractivity contribution in [1.82, 2.24) is 9.80 Å². The van der Waals surface area contributed by atoms with Gasteiger partial charge in [-0.2, -0.15) is 0 Å². The van der Waals surface area contributed by atoms with Crippen LogP contribution >= 0.6 is 0 Å². The second-order valence-electron chi connectivity index (χ2n) is 6.59. The van der Waals surface area contributed by atoms with Crippen LogP contribution in [0.3, 0.4) is 0 Å². The largest absolute Gasteiger partial charge is 0.410 e. The highest BCUT2D eigenvalue weighted by Crippen LogP contribution is 2.28. The lowest BCUT2D eigenvalue weighted by Crippen LogP contribution is -2.52. The Kier molecular flexibility index (Phi) is 4.91. The monoisotopic (exact) mass is 316 g/mol. The minimum absolute atomic E-state index is 0.266. The van der Waals surface area contributed by atoms with E-state index >= 15 is 0 Å². The van der Waals surface area contributed by atoms with Crippen LogP contribution in [-0.4, -0.2) is 65.4 Å². The van der Waals surface area contributed by atoms with E-state index in [0.29, 0.717) is 18.8 Å². The first-order chi connectivity index (χ1) is 11.2. The molecule has 0 aromatic carbocycles. The number of carbonyl (C=O) groups excluding carboxylic acids is 1. The molecule has 3 aliphatic rings. The van der Waals surface area contributed by atoms with Gasteiger partial charge in [-0.05, 0) is 50.1 Å². The Labute approximate surface area is 136 Å². The lowest BCUT2D eigenvalue weighted by molar-refractivity contribution is -0.107. The summed E-state index contributed by atoms with van der Waals surface area (Å²) < 4.78 is 0. The summed E-state index contributed by atoms with van der Waals surface area (Å²) in [5.41, 5.74) is 2.31. The molecule has 6 nitrogen and oxygen atoms in total. The summed E-state index contributed by atoms with van der Waals surface area (Å²) >= 11 is 0. The quantitative estimate of drug-likeness (QED) is 0.338. The van der Waals surface area contributed by atoms with Gasteiger partial charge in [-0.1, -0.05) is 5.16 Å². The number of allylic oxidation sites excluding steroid dienone is 4. The van der Waals surface area contributed by atoms with E-state index in [1.54, 1.807) is 6.08 Å². The summed E-state index contributed by atoms with van der Waals surface area (Å²) in [6, 6.07) is 0. The van der Waals surface area contributed by atoms with Crippen LogP contribution in [-0.2, 0) is 4.79 Å². The smallest absolute Gasteiger partial charge is 0.129 e. The molecule has 0 aromatic heterocycles. The van der Waals surface area contributed by atoms with Gasteiger partial charge >= 0.3 is 0 Å². The summed E-state index contributed by atoms with van der Waals surface area (Å²) in [6.45, 7) is 5.48. The number of oxime groups is 1. The summed E-state index contributed by atoms with van der Waals surface area (Å²) in [6.07, 6.45) is 8.23. The molecule has 0 spiro atoms. The SMILES string of the molecule is N=C1C(N2CC(CN3CCCC3)C2)=CC(CCC=O)=C/C1=N/O. The van der Waals surface area contributed by atoms with Gasteiger partial charge in [0, 0.05) is 32.0 Å². The summed E-state index contributed by atoms with van der Waals surface area (Å²) in [7, 11) is 0. The van der Waals surface area contributed by atoms with E-state index in [1.165, 1.54) is 25.9 Å². The normalized spacial score (nSPS) is 24.6. The molecule has 23 heavy (non-hydrogen) atoms. The molecule has 0 amide bonds. The Bertz CT molecular complexity index is 567. The zero-order valence-electron chi connectivity index (χ0n) is 13.4. The van der Waals surface area contributed by atoms with E-state index in [-0.39, 0.29) is 11.4 Å². The third-order valence-corrected chi connectivity index (χ3v) is 4.83. The Morgan fingerprint density at radius 3 is 2.70 bits per heavy atom. The van der Waals surface area contributed by atoms with Crippen LogP contribution in [0.2, 0.25) is 0 Å². The van der Waals surface area contributed by atoms with E-state index in [1.807, 2.05) is 6.08 Å². The predicted molar refractivity (Wildman–Crippen MR) is 89.1 cm³/mol. The van der Waals surface area contributed by atoms with Crippen molar-refractivity contribution in [2.24, 2.45) is 11.1 Å². The first-order valence-corrected chi connectivity index (χ1v) is 8.36. The second kappa shape index (κ2) is 7.08. The van der Waals surface area contributed by atoms with Crippen molar-refractivity contribution in [3.8, 4) is 0 Å². The van der Waals surface area contributed by atoms with Crippen molar-refractivity contribution in [3.63, 3.8) is 0 Å². The molecular weight excluding hydrogens is 292 g/mol. The zero-order chi connectivity index (χ0) is 16.2. The minimum Gasteiger partial charge on any atom is -0.410 e. The molecule has 1 aliphatic carbocycles. The first-order valence-electron chi connectivity index (χ1n) is 8.36. The lowest BCUT2D eigenvalue weighted by Gasteiger charge is -2.44. The van der Waals surface area contributed by atoms with Crippen LogP contribution in [0, 0.1) is 11.3 Å². The molecule has 2 N–H and O–H groups in total. The molecule has 0 radical (unpaired) electrons. The van der Waals surface area contributed by atoms with Gasteiger partial charge in [-0.25, -0.2) is 0 Å². The molecule has 2 heterocycles. The molecule has 6 heteroatoms. The average molecular weight is 316 g/mol. The Morgan fingerprint density at radius 1 is 1.30 bits per heavy atom. The molecule has 2 saturated heterocycles. The molecule has 2 aliphatic heterocycles.